The van der Waals surface area contributed by atoms with Crippen molar-refractivity contribution in [1.82, 2.24) is 5.06 Å². The maximum atomic E-state index is 10.8. The van der Waals surface area contributed by atoms with Crippen LogP contribution in [-0.2, 0) is 28.7 Å². The summed E-state index contributed by atoms with van der Waals surface area (Å²) in [5.41, 5.74) is 0. The van der Waals surface area contributed by atoms with Crippen molar-refractivity contribution in [1.29, 1.82) is 0 Å². The van der Waals surface area contributed by atoms with Crippen LogP contribution in [0.25, 0.3) is 0 Å². The Hall–Kier alpha value is -2.12. The van der Waals surface area contributed by atoms with Gasteiger partial charge in [0, 0.05) is 19.3 Å². The van der Waals surface area contributed by atoms with E-state index in [1.165, 1.54) is 7.11 Å². The van der Waals surface area contributed by atoms with Gasteiger partial charge in [-0.3, -0.25) is 19.2 Å². The zero-order valence-corrected chi connectivity index (χ0v) is 10.4. The van der Waals surface area contributed by atoms with Crippen molar-refractivity contribution in [2.45, 2.75) is 26.2 Å². The van der Waals surface area contributed by atoms with Crippen LogP contribution in [0.1, 0.15) is 26.2 Å². The van der Waals surface area contributed by atoms with Crippen LogP contribution in [0.3, 0.4) is 0 Å². The van der Waals surface area contributed by atoms with E-state index in [1.807, 2.05) is 0 Å². The molecule has 18 heavy (non-hydrogen) atoms. The summed E-state index contributed by atoms with van der Waals surface area (Å²) in [4.78, 5) is 46.3. The number of methoxy groups -OCH3 is 2. The lowest BCUT2D eigenvalue weighted by atomic mass is 10.4. The van der Waals surface area contributed by atoms with Crippen molar-refractivity contribution in [2.24, 2.45) is 0 Å². The van der Waals surface area contributed by atoms with E-state index in [-0.39, 0.29) is 18.8 Å². The molecule has 0 atom stereocenters. The molecule has 2 amide bonds. The van der Waals surface area contributed by atoms with E-state index in [4.69, 9.17) is 0 Å². The molecule has 0 bridgehead atoms. The van der Waals surface area contributed by atoms with Crippen LogP contribution < -0.4 is 0 Å². The molecular formula is C10H15NO7. The number of ether oxygens (including phenoxy) is 2. The Morgan fingerprint density at radius 3 is 1.89 bits per heavy atom. The second-order valence-electron chi connectivity index (χ2n) is 3.06. The van der Waals surface area contributed by atoms with Gasteiger partial charge in [0.15, 0.2) is 0 Å². The molecule has 1 heterocycles. The van der Waals surface area contributed by atoms with Crippen LogP contribution in [0.2, 0.25) is 0 Å². The number of rotatable bonds is 2. The van der Waals surface area contributed by atoms with Gasteiger partial charge in [-0.15, -0.1) is 0 Å². The van der Waals surface area contributed by atoms with Crippen molar-refractivity contribution in [3.63, 3.8) is 0 Å². The number of hydroxylamine groups is 2. The van der Waals surface area contributed by atoms with Crippen molar-refractivity contribution < 1.29 is 33.5 Å². The van der Waals surface area contributed by atoms with Gasteiger partial charge in [-0.25, -0.2) is 4.79 Å². The Morgan fingerprint density at radius 1 is 1.11 bits per heavy atom. The van der Waals surface area contributed by atoms with Crippen LogP contribution in [-0.4, -0.2) is 43.2 Å². The fourth-order valence-electron chi connectivity index (χ4n) is 0.914. The highest BCUT2D eigenvalue weighted by Crippen LogP contribution is 2.12. The summed E-state index contributed by atoms with van der Waals surface area (Å²) in [6, 6.07) is 0. The lowest BCUT2D eigenvalue weighted by Crippen LogP contribution is -2.31. The second kappa shape index (κ2) is 8.04. The number of nitrogens with zero attached hydrogens (tertiary/aromatic N) is 1. The average Bonchev–Trinajstić information content (AvgIpc) is 2.70. The third-order valence-electron chi connectivity index (χ3n) is 1.85. The molecule has 102 valence electrons. The molecule has 0 spiro atoms. The molecule has 0 saturated carbocycles. The summed E-state index contributed by atoms with van der Waals surface area (Å²) in [6.45, 7) is 1.76. The highest BCUT2D eigenvalue weighted by Gasteiger charge is 2.33. The van der Waals surface area contributed by atoms with E-state index in [2.05, 4.69) is 14.3 Å². The van der Waals surface area contributed by atoms with Gasteiger partial charge in [-0.2, -0.15) is 0 Å². The van der Waals surface area contributed by atoms with Gasteiger partial charge in [0.25, 0.3) is 11.8 Å². The van der Waals surface area contributed by atoms with Crippen LogP contribution in [0.15, 0.2) is 0 Å². The zero-order chi connectivity index (χ0) is 14.1. The molecule has 1 rings (SSSR count). The number of carbonyl (C=O) groups is 4. The van der Waals surface area contributed by atoms with E-state index in [9.17, 15) is 19.2 Å². The third-order valence-corrected chi connectivity index (χ3v) is 1.85. The molecule has 0 radical (unpaired) electrons. The monoisotopic (exact) mass is 261 g/mol. The second-order valence-corrected chi connectivity index (χ2v) is 3.06. The highest BCUT2D eigenvalue weighted by molar-refractivity contribution is 6.01. The molecule has 1 aliphatic heterocycles. The molecule has 1 fully saturated rings. The molecular weight excluding hydrogens is 246 g/mol. The Bertz CT molecular complexity index is 317. The summed E-state index contributed by atoms with van der Waals surface area (Å²) in [6.07, 6.45) is -0.444. The van der Waals surface area contributed by atoms with Gasteiger partial charge in [0.05, 0.1) is 14.2 Å². The molecule has 8 heteroatoms. The molecule has 1 aliphatic rings. The van der Waals surface area contributed by atoms with E-state index in [0.29, 0.717) is 11.5 Å². The number of imide groups is 1. The number of carbonyl (C=O) groups excluding carboxylic acids is 4. The van der Waals surface area contributed by atoms with Crippen molar-refractivity contribution >= 4 is 23.9 Å². The molecule has 0 aromatic heterocycles. The maximum absolute atomic E-state index is 10.8. The van der Waals surface area contributed by atoms with E-state index in [0.717, 1.165) is 7.11 Å². The molecule has 0 unspecified atom stereocenters. The number of hydrogen-bond donors (Lipinski definition) is 0. The van der Waals surface area contributed by atoms with E-state index < -0.39 is 18.0 Å². The first-order chi connectivity index (χ1) is 8.46. The standard InChI is InChI=1S/C6H7NO5.C4H8O2/c1-11-6(10)12-7-4(8)2-3-5(7)9;1-3-4(5)6-2/h2-3H2,1H3;3H2,1-2H3. The Morgan fingerprint density at radius 2 is 1.61 bits per heavy atom. The van der Waals surface area contributed by atoms with Gasteiger partial charge in [0.1, 0.15) is 0 Å². The van der Waals surface area contributed by atoms with Crippen LogP contribution in [0.4, 0.5) is 4.79 Å². The molecule has 8 nitrogen and oxygen atoms in total. The molecule has 0 aromatic rings. The van der Waals surface area contributed by atoms with E-state index >= 15 is 0 Å². The number of esters is 1. The first kappa shape index (κ1) is 15.9. The molecule has 1 saturated heterocycles. The minimum atomic E-state index is -1.07. The van der Waals surface area contributed by atoms with Gasteiger partial charge in [-0.05, 0) is 0 Å². The van der Waals surface area contributed by atoms with Crippen molar-refractivity contribution in [2.75, 3.05) is 14.2 Å². The quantitative estimate of drug-likeness (QED) is 0.524. The predicted octanol–water partition coefficient (Wildman–Crippen LogP) is 0.403. The van der Waals surface area contributed by atoms with Crippen LogP contribution >= 0.6 is 0 Å². The van der Waals surface area contributed by atoms with Crippen molar-refractivity contribution in [3.05, 3.63) is 0 Å². The van der Waals surface area contributed by atoms with Crippen molar-refractivity contribution in [3.8, 4) is 0 Å². The maximum Gasteiger partial charge on any atom is 0.533 e. The minimum absolute atomic E-state index is 0.0792. The van der Waals surface area contributed by atoms with Gasteiger partial charge < -0.3 is 9.47 Å². The number of hydrogen-bond acceptors (Lipinski definition) is 7. The SMILES string of the molecule is CCC(=O)OC.COC(=O)ON1C(=O)CCC1=O. The summed E-state index contributed by atoms with van der Waals surface area (Å²) in [7, 11) is 2.47. The predicted molar refractivity (Wildman–Crippen MR) is 56.9 cm³/mol. The largest absolute Gasteiger partial charge is 0.533 e. The van der Waals surface area contributed by atoms with Gasteiger partial charge in [-0.1, -0.05) is 12.0 Å². The third kappa shape index (κ3) is 5.28. The summed E-state index contributed by atoms with van der Waals surface area (Å²) in [5, 5.41) is 0.422. The van der Waals surface area contributed by atoms with Crippen LogP contribution in [0.5, 0.6) is 0 Å². The Labute approximate surface area is 104 Å². The highest BCUT2D eigenvalue weighted by atomic mass is 16.8. The normalized spacial score (nSPS) is 13.6. The smallest absolute Gasteiger partial charge is 0.469 e. The summed E-state index contributed by atoms with van der Waals surface area (Å²) >= 11 is 0. The number of amides is 2. The first-order valence-corrected chi connectivity index (χ1v) is 5.14. The van der Waals surface area contributed by atoms with Gasteiger partial charge in [0.2, 0.25) is 0 Å². The molecule has 0 aliphatic carbocycles. The Balaban J connectivity index is 0.000000411. The average molecular weight is 261 g/mol. The molecule has 0 aromatic carbocycles. The Kier molecular flexibility index (Phi) is 7.10. The lowest BCUT2D eigenvalue weighted by Gasteiger charge is -2.10. The lowest BCUT2D eigenvalue weighted by molar-refractivity contribution is -0.176. The summed E-state index contributed by atoms with van der Waals surface area (Å²) < 4.78 is 8.36. The topological polar surface area (TPSA) is 99.2 Å². The zero-order valence-electron chi connectivity index (χ0n) is 10.4. The van der Waals surface area contributed by atoms with Gasteiger partial charge >= 0.3 is 12.1 Å². The minimum Gasteiger partial charge on any atom is -0.469 e. The van der Waals surface area contributed by atoms with E-state index in [1.54, 1.807) is 6.92 Å². The van der Waals surface area contributed by atoms with Crippen LogP contribution in [0, 0.1) is 0 Å². The fourth-order valence-corrected chi connectivity index (χ4v) is 0.914. The fraction of sp³-hybridized carbons (Fsp3) is 0.600. The molecule has 0 N–H and O–H groups in total. The summed E-state index contributed by atoms with van der Waals surface area (Å²) in [5.74, 6) is -1.20. The first-order valence-electron chi connectivity index (χ1n) is 5.14.